The molecule has 1 aliphatic heterocycles. The fraction of sp³-hybridized carbons (Fsp3) is 0.500. The molecule has 1 aromatic rings. The van der Waals surface area contributed by atoms with E-state index in [1.54, 1.807) is 0 Å². The van der Waals surface area contributed by atoms with Crippen LogP contribution >= 0.6 is 0 Å². The molecule has 0 aromatic carbocycles. The quantitative estimate of drug-likeness (QED) is 0.741. The topological polar surface area (TPSA) is 115 Å². The summed E-state index contributed by atoms with van der Waals surface area (Å²) in [7, 11) is -2.46. The van der Waals surface area contributed by atoms with E-state index in [0.29, 0.717) is 11.7 Å². The minimum atomic E-state index is -3.75. The Bertz CT molecular complexity index is 775. The molecule has 1 aliphatic carbocycles. The largest absolute Gasteiger partial charge is 0.452 e. The van der Waals surface area contributed by atoms with Gasteiger partial charge in [0, 0.05) is 19.2 Å². The van der Waals surface area contributed by atoms with E-state index in [1.807, 2.05) is 0 Å². The van der Waals surface area contributed by atoms with Crippen molar-refractivity contribution >= 4 is 21.9 Å². The number of carbonyl (C=O) groups is 1. The van der Waals surface area contributed by atoms with Gasteiger partial charge in [-0.15, -0.1) is 4.40 Å². The van der Waals surface area contributed by atoms with Gasteiger partial charge < -0.3 is 9.26 Å². The highest BCUT2D eigenvalue weighted by molar-refractivity contribution is 7.88. The number of esters is 1. The van der Waals surface area contributed by atoms with Crippen LogP contribution in [0.3, 0.4) is 0 Å². The third-order valence-electron chi connectivity index (χ3n) is 3.29. The van der Waals surface area contributed by atoms with Crippen molar-refractivity contribution in [3.8, 4) is 0 Å². The molecule has 9 nitrogen and oxygen atoms in total. The Labute approximate surface area is 126 Å². The predicted octanol–water partition coefficient (Wildman–Crippen LogP) is 0.525. The van der Waals surface area contributed by atoms with Crippen molar-refractivity contribution in [2.75, 3.05) is 7.05 Å². The van der Waals surface area contributed by atoms with E-state index in [2.05, 4.69) is 14.5 Å². The van der Waals surface area contributed by atoms with Crippen molar-refractivity contribution in [1.29, 1.82) is 0 Å². The molecule has 0 unspecified atom stereocenters. The van der Waals surface area contributed by atoms with Crippen molar-refractivity contribution in [1.82, 2.24) is 14.4 Å². The third-order valence-corrected chi connectivity index (χ3v) is 4.63. The van der Waals surface area contributed by atoms with Gasteiger partial charge in [-0.1, -0.05) is 5.16 Å². The summed E-state index contributed by atoms with van der Waals surface area (Å²) in [5, 5.41) is 3.81. The van der Waals surface area contributed by atoms with Crippen molar-refractivity contribution in [3.63, 3.8) is 0 Å². The van der Waals surface area contributed by atoms with Crippen LogP contribution in [0.15, 0.2) is 20.7 Å². The first-order valence-electron chi connectivity index (χ1n) is 6.63. The molecule has 1 saturated carbocycles. The summed E-state index contributed by atoms with van der Waals surface area (Å²) in [5.74, 6) is 0.491. The van der Waals surface area contributed by atoms with E-state index in [0.717, 1.165) is 17.1 Å². The van der Waals surface area contributed by atoms with Crippen LogP contribution in [0.1, 0.15) is 37.4 Å². The number of hydrogen-bond acceptors (Lipinski definition) is 7. The maximum absolute atomic E-state index is 12.0. The number of hydrogen-bond donors (Lipinski definition) is 0. The minimum absolute atomic E-state index is 0.0688. The lowest BCUT2D eigenvalue weighted by Gasteiger charge is -2.18. The van der Waals surface area contributed by atoms with Gasteiger partial charge in [-0.2, -0.15) is 13.4 Å². The zero-order valence-corrected chi connectivity index (χ0v) is 12.8. The van der Waals surface area contributed by atoms with Crippen molar-refractivity contribution in [2.45, 2.75) is 32.3 Å². The number of ether oxygens (including phenoxy) is 1. The van der Waals surface area contributed by atoms with Gasteiger partial charge in [-0.05, 0) is 19.8 Å². The maximum atomic E-state index is 12.0. The van der Waals surface area contributed by atoms with Gasteiger partial charge in [0.15, 0.2) is 12.4 Å². The number of aromatic nitrogens is 2. The summed E-state index contributed by atoms with van der Waals surface area (Å²) in [5.41, 5.74) is 0.145. The zero-order chi connectivity index (χ0) is 15.9. The molecule has 22 heavy (non-hydrogen) atoms. The number of carbonyl (C=O) groups excluding carboxylic acids is 1. The number of rotatable bonds is 4. The van der Waals surface area contributed by atoms with Crippen molar-refractivity contribution in [2.24, 2.45) is 4.40 Å². The normalized spacial score (nSPS) is 20.4. The van der Waals surface area contributed by atoms with Crippen LogP contribution in [0.2, 0.25) is 0 Å². The molecule has 2 aliphatic rings. The predicted molar refractivity (Wildman–Crippen MR) is 73.9 cm³/mol. The van der Waals surface area contributed by atoms with Gasteiger partial charge in [0.2, 0.25) is 0 Å². The first-order valence-corrected chi connectivity index (χ1v) is 8.03. The monoisotopic (exact) mass is 326 g/mol. The third kappa shape index (κ3) is 2.86. The Morgan fingerprint density at radius 1 is 1.50 bits per heavy atom. The van der Waals surface area contributed by atoms with Gasteiger partial charge in [-0.3, -0.25) is 4.31 Å². The molecule has 1 aromatic heterocycles. The summed E-state index contributed by atoms with van der Waals surface area (Å²) in [6.45, 7) is 1.26. The molecule has 10 heteroatoms. The van der Waals surface area contributed by atoms with E-state index in [-0.39, 0.29) is 23.8 Å². The molecule has 118 valence electrons. The second-order valence-electron chi connectivity index (χ2n) is 5.11. The molecule has 2 heterocycles. The van der Waals surface area contributed by atoms with E-state index >= 15 is 0 Å². The SMILES string of the molecule is CC1=NS(=O)(=O)N(C)C=C1C(=O)OCc1nc(C2CC2)no1. The standard InChI is InChI=1S/C12H14N4O5S/c1-7-9(5-16(2)22(18,19)15-7)12(17)20-6-10-13-11(14-21-10)8-3-4-8/h5,8H,3-4,6H2,1-2H3. The molecule has 0 bridgehead atoms. The second kappa shape index (κ2) is 5.20. The smallest absolute Gasteiger partial charge is 0.344 e. The first-order chi connectivity index (χ1) is 10.4. The van der Waals surface area contributed by atoms with Gasteiger partial charge in [-0.25, -0.2) is 4.79 Å². The lowest BCUT2D eigenvalue weighted by molar-refractivity contribution is -0.140. The fourth-order valence-corrected chi connectivity index (χ4v) is 2.68. The molecule has 0 spiro atoms. The number of nitrogens with zero attached hydrogens (tertiary/aromatic N) is 4. The Hall–Kier alpha value is -2.23. The van der Waals surface area contributed by atoms with Crippen LogP contribution < -0.4 is 0 Å². The van der Waals surface area contributed by atoms with Crippen LogP contribution in [0, 0.1) is 0 Å². The van der Waals surface area contributed by atoms with E-state index in [9.17, 15) is 13.2 Å². The summed E-state index contributed by atoms with van der Waals surface area (Å²) in [6.07, 6.45) is 3.26. The fourth-order valence-electron chi connectivity index (χ4n) is 1.87. The van der Waals surface area contributed by atoms with Crippen molar-refractivity contribution in [3.05, 3.63) is 23.5 Å². The Balaban J connectivity index is 1.65. The van der Waals surface area contributed by atoms with E-state index in [1.165, 1.54) is 20.2 Å². The Kier molecular flexibility index (Phi) is 3.47. The molecule has 3 rings (SSSR count). The lowest BCUT2D eigenvalue weighted by atomic mass is 10.2. The van der Waals surface area contributed by atoms with E-state index < -0.39 is 16.2 Å². The first kappa shape index (κ1) is 14.7. The van der Waals surface area contributed by atoms with Gasteiger partial charge in [0.05, 0.1) is 11.3 Å². The Morgan fingerprint density at radius 3 is 2.91 bits per heavy atom. The molecule has 1 fully saturated rings. The van der Waals surface area contributed by atoms with Crippen LogP contribution in [0.4, 0.5) is 0 Å². The zero-order valence-electron chi connectivity index (χ0n) is 12.0. The van der Waals surface area contributed by atoms with Gasteiger partial charge in [0.1, 0.15) is 0 Å². The summed E-state index contributed by atoms with van der Waals surface area (Å²) in [6, 6.07) is 0. The van der Waals surface area contributed by atoms with Crippen LogP contribution in [0.25, 0.3) is 0 Å². The molecule has 0 atom stereocenters. The highest BCUT2D eigenvalue weighted by Crippen LogP contribution is 2.38. The van der Waals surface area contributed by atoms with Gasteiger partial charge in [0.25, 0.3) is 5.89 Å². The van der Waals surface area contributed by atoms with Gasteiger partial charge >= 0.3 is 16.2 Å². The minimum Gasteiger partial charge on any atom is -0.452 e. The molecule has 0 saturated heterocycles. The maximum Gasteiger partial charge on any atom is 0.344 e. The molecular weight excluding hydrogens is 312 g/mol. The molecule has 0 amide bonds. The highest BCUT2D eigenvalue weighted by atomic mass is 32.2. The Morgan fingerprint density at radius 2 is 2.23 bits per heavy atom. The average Bonchev–Trinajstić information content (AvgIpc) is 3.19. The summed E-state index contributed by atoms with van der Waals surface area (Å²) >= 11 is 0. The second-order valence-corrected chi connectivity index (χ2v) is 6.76. The van der Waals surface area contributed by atoms with Crippen LogP contribution in [-0.2, 0) is 26.3 Å². The molecular formula is C12H14N4O5S. The summed E-state index contributed by atoms with van der Waals surface area (Å²) in [4.78, 5) is 16.1. The lowest BCUT2D eigenvalue weighted by Crippen LogP contribution is -2.29. The van der Waals surface area contributed by atoms with Crippen LogP contribution in [0.5, 0.6) is 0 Å². The van der Waals surface area contributed by atoms with E-state index in [4.69, 9.17) is 9.26 Å². The average molecular weight is 326 g/mol. The molecule has 0 radical (unpaired) electrons. The van der Waals surface area contributed by atoms with Crippen LogP contribution in [-0.4, -0.2) is 41.6 Å². The van der Waals surface area contributed by atoms with Crippen molar-refractivity contribution < 1.29 is 22.5 Å². The highest BCUT2D eigenvalue weighted by Gasteiger charge is 2.29. The molecule has 0 N–H and O–H groups in total. The summed E-state index contributed by atoms with van der Waals surface area (Å²) < 4.78 is 37.4.